The first-order chi connectivity index (χ1) is 16.2. The summed E-state index contributed by atoms with van der Waals surface area (Å²) in [6, 6.07) is 8.41. The standard InChI is InChI=1S/C31H48O4/c1-18(2)24-11-22(9)12-25(19(3)4)28(24)31(35,30(15-32,16-33)17-34)29-26(20(5)6)13-23(10)14-27(29)21(7)8/h11-14,18-21,32-35H,15-17H2,1-10H3. The highest BCUT2D eigenvalue weighted by atomic mass is 16.3. The van der Waals surface area contributed by atoms with Crippen LogP contribution < -0.4 is 0 Å². The fraction of sp³-hybridized carbons (Fsp3) is 0.613. The molecule has 0 aromatic heterocycles. The van der Waals surface area contributed by atoms with Crippen molar-refractivity contribution in [3.05, 3.63) is 68.8 Å². The summed E-state index contributed by atoms with van der Waals surface area (Å²) in [6.45, 7) is 19.2. The summed E-state index contributed by atoms with van der Waals surface area (Å²) in [6.07, 6.45) is 0. The molecule has 0 saturated carbocycles. The summed E-state index contributed by atoms with van der Waals surface area (Å²) in [7, 11) is 0. The van der Waals surface area contributed by atoms with Crippen LogP contribution in [-0.2, 0) is 5.60 Å². The van der Waals surface area contributed by atoms with E-state index in [0.717, 1.165) is 33.4 Å². The van der Waals surface area contributed by atoms with E-state index in [-0.39, 0.29) is 23.7 Å². The van der Waals surface area contributed by atoms with Crippen LogP contribution in [0.5, 0.6) is 0 Å². The molecule has 0 heterocycles. The molecule has 0 saturated heterocycles. The van der Waals surface area contributed by atoms with Gasteiger partial charge in [-0.15, -0.1) is 0 Å². The first-order valence-corrected chi connectivity index (χ1v) is 13.1. The van der Waals surface area contributed by atoms with E-state index in [2.05, 4.69) is 93.5 Å². The summed E-state index contributed by atoms with van der Waals surface area (Å²) in [5, 5.41) is 45.6. The van der Waals surface area contributed by atoms with Gasteiger partial charge in [0.05, 0.1) is 25.2 Å². The minimum Gasteiger partial charge on any atom is -0.395 e. The average Bonchev–Trinajstić information content (AvgIpc) is 2.78. The monoisotopic (exact) mass is 484 g/mol. The SMILES string of the molecule is Cc1cc(C(C)C)c(C(O)(c2c(C(C)C)cc(C)cc2C(C)C)C(CO)(CO)CO)c(C(C)C)c1. The van der Waals surface area contributed by atoms with Gasteiger partial charge < -0.3 is 20.4 Å². The second kappa shape index (κ2) is 11.1. The molecule has 0 unspecified atom stereocenters. The predicted molar refractivity (Wildman–Crippen MR) is 145 cm³/mol. The Morgan fingerprint density at radius 2 is 0.771 bits per heavy atom. The van der Waals surface area contributed by atoms with Gasteiger partial charge in [0.25, 0.3) is 0 Å². The van der Waals surface area contributed by atoms with Crippen molar-refractivity contribution < 1.29 is 20.4 Å². The summed E-state index contributed by atoms with van der Waals surface area (Å²) in [5.41, 5.74) is 4.08. The van der Waals surface area contributed by atoms with Crippen LogP contribution in [0.25, 0.3) is 0 Å². The van der Waals surface area contributed by atoms with Crippen molar-refractivity contribution in [2.45, 2.75) is 98.5 Å². The lowest BCUT2D eigenvalue weighted by atomic mass is 9.59. The Bertz CT molecular complexity index is 877. The lowest BCUT2D eigenvalue weighted by Crippen LogP contribution is -2.56. The highest BCUT2D eigenvalue weighted by molar-refractivity contribution is 5.57. The molecule has 35 heavy (non-hydrogen) atoms. The van der Waals surface area contributed by atoms with Crippen LogP contribution in [-0.4, -0.2) is 40.2 Å². The maximum atomic E-state index is 13.3. The number of benzene rings is 2. The van der Waals surface area contributed by atoms with Crippen molar-refractivity contribution in [3.8, 4) is 0 Å². The van der Waals surface area contributed by atoms with Gasteiger partial charge >= 0.3 is 0 Å². The smallest absolute Gasteiger partial charge is 0.128 e. The number of hydrogen-bond acceptors (Lipinski definition) is 4. The highest BCUT2D eigenvalue weighted by Crippen LogP contribution is 2.53. The van der Waals surface area contributed by atoms with E-state index in [1.165, 1.54) is 0 Å². The van der Waals surface area contributed by atoms with Gasteiger partial charge in [-0.05, 0) is 70.9 Å². The second-order valence-corrected chi connectivity index (χ2v) is 11.7. The van der Waals surface area contributed by atoms with Crippen molar-refractivity contribution >= 4 is 0 Å². The zero-order chi connectivity index (χ0) is 26.9. The molecule has 0 fully saturated rings. The molecule has 0 amide bonds. The van der Waals surface area contributed by atoms with Crippen molar-refractivity contribution in [1.82, 2.24) is 0 Å². The molecule has 0 spiro atoms. The van der Waals surface area contributed by atoms with Gasteiger partial charge in [-0.2, -0.15) is 0 Å². The first-order valence-electron chi connectivity index (χ1n) is 13.1. The van der Waals surface area contributed by atoms with E-state index in [0.29, 0.717) is 11.1 Å². The largest absolute Gasteiger partial charge is 0.395 e. The third-order valence-corrected chi connectivity index (χ3v) is 7.57. The maximum absolute atomic E-state index is 13.3. The van der Waals surface area contributed by atoms with Gasteiger partial charge in [-0.3, -0.25) is 0 Å². The Labute approximate surface area is 213 Å². The average molecular weight is 485 g/mol. The third kappa shape index (κ3) is 5.09. The fourth-order valence-electron chi connectivity index (χ4n) is 5.49. The minimum absolute atomic E-state index is 0.0816. The zero-order valence-electron chi connectivity index (χ0n) is 23.5. The maximum Gasteiger partial charge on any atom is 0.128 e. The zero-order valence-corrected chi connectivity index (χ0v) is 23.5. The molecular weight excluding hydrogens is 436 g/mol. The molecule has 0 atom stereocenters. The van der Waals surface area contributed by atoms with Crippen LogP contribution in [0.1, 0.15) is 124 Å². The van der Waals surface area contributed by atoms with E-state index < -0.39 is 30.8 Å². The van der Waals surface area contributed by atoms with Gasteiger partial charge in [-0.1, -0.05) is 90.8 Å². The molecule has 4 N–H and O–H groups in total. The Morgan fingerprint density at radius 1 is 0.543 bits per heavy atom. The Kier molecular flexibility index (Phi) is 9.38. The predicted octanol–water partition coefficient (Wildman–Crippen LogP) is 6.00. The van der Waals surface area contributed by atoms with Crippen LogP contribution in [0.15, 0.2) is 24.3 Å². The lowest BCUT2D eigenvalue weighted by molar-refractivity contribution is -0.137. The Morgan fingerprint density at radius 3 is 0.943 bits per heavy atom. The summed E-state index contributed by atoms with van der Waals surface area (Å²) < 4.78 is 0. The molecule has 2 aromatic rings. The van der Waals surface area contributed by atoms with E-state index in [4.69, 9.17) is 0 Å². The number of rotatable bonds is 10. The molecule has 196 valence electrons. The molecule has 0 bridgehead atoms. The molecular formula is C31H48O4. The molecule has 4 heteroatoms. The quantitative estimate of drug-likeness (QED) is 0.334. The molecule has 2 aromatic carbocycles. The van der Waals surface area contributed by atoms with Crippen molar-refractivity contribution in [3.63, 3.8) is 0 Å². The van der Waals surface area contributed by atoms with Gasteiger partial charge in [-0.25, -0.2) is 0 Å². The summed E-state index contributed by atoms with van der Waals surface area (Å²) in [4.78, 5) is 0. The van der Waals surface area contributed by atoms with E-state index in [1.807, 2.05) is 0 Å². The summed E-state index contributed by atoms with van der Waals surface area (Å²) in [5.74, 6) is 0.326. The normalized spacial score (nSPS) is 13.1. The van der Waals surface area contributed by atoms with E-state index in [9.17, 15) is 20.4 Å². The first kappa shape index (κ1) is 29.5. The molecule has 2 rings (SSSR count). The van der Waals surface area contributed by atoms with Gasteiger partial charge in [0, 0.05) is 0 Å². The Hall–Kier alpha value is -1.72. The van der Waals surface area contributed by atoms with E-state index in [1.54, 1.807) is 0 Å². The van der Waals surface area contributed by atoms with Crippen LogP contribution in [0.4, 0.5) is 0 Å². The van der Waals surface area contributed by atoms with Crippen molar-refractivity contribution in [1.29, 1.82) is 0 Å². The van der Waals surface area contributed by atoms with Gasteiger partial charge in [0.2, 0.25) is 0 Å². The number of aliphatic hydroxyl groups excluding tert-OH is 3. The number of aliphatic hydroxyl groups is 4. The third-order valence-electron chi connectivity index (χ3n) is 7.57. The van der Waals surface area contributed by atoms with Crippen LogP contribution in [0.3, 0.4) is 0 Å². The van der Waals surface area contributed by atoms with Gasteiger partial charge in [0.1, 0.15) is 5.60 Å². The highest BCUT2D eigenvalue weighted by Gasteiger charge is 2.56. The van der Waals surface area contributed by atoms with Crippen molar-refractivity contribution in [2.75, 3.05) is 19.8 Å². The topological polar surface area (TPSA) is 80.9 Å². The van der Waals surface area contributed by atoms with Crippen LogP contribution in [0.2, 0.25) is 0 Å². The molecule has 4 nitrogen and oxygen atoms in total. The van der Waals surface area contributed by atoms with E-state index >= 15 is 0 Å². The van der Waals surface area contributed by atoms with Crippen LogP contribution >= 0.6 is 0 Å². The molecule has 0 radical (unpaired) electrons. The summed E-state index contributed by atoms with van der Waals surface area (Å²) >= 11 is 0. The fourth-order valence-corrected chi connectivity index (χ4v) is 5.49. The lowest BCUT2D eigenvalue weighted by Gasteiger charge is -2.49. The molecule has 0 aliphatic heterocycles. The number of hydrogen-bond donors (Lipinski definition) is 4. The molecule has 0 aliphatic rings. The number of aryl methyl sites for hydroxylation is 2. The van der Waals surface area contributed by atoms with Crippen molar-refractivity contribution in [2.24, 2.45) is 5.41 Å². The second-order valence-electron chi connectivity index (χ2n) is 11.7. The van der Waals surface area contributed by atoms with Crippen LogP contribution in [0, 0.1) is 19.3 Å². The molecule has 0 aliphatic carbocycles. The minimum atomic E-state index is -1.83. The Balaban J connectivity index is 3.36. The van der Waals surface area contributed by atoms with Gasteiger partial charge in [0.15, 0.2) is 0 Å².